The Morgan fingerprint density at radius 2 is 1.94 bits per heavy atom. The minimum absolute atomic E-state index is 0.0800. The summed E-state index contributed by atoms with van der Waals surface area (Å²) < 4.78 is 11.3. The molecule has 1 aromatic carbocycles. The molecule has 3 nitrogen and oxygen atoms in total. The second-order valence-electron chi connectivity index (χ2n) is 5.56. The van der Waals surface area contributed by atoms with Gasteiger partial charge in [0, 0.05) is 18.5 Å². The van der Waals surface area contributed by atoms with E-state index in [0.717, 1.165) is 24.3 Å². The Morgan fingerprint density at radius 1 is 1.22 bits per heavy atom. The number of benzene rings is 1. The van der Waals surface area contributed by atoms with Crippen LogP contribution >= 0.6 is 11.6 Å². The molecule has 1 N–H and O–H groups in total. The lowest BCUT2D eigenvalue weighted by molar-refractivity contribution is 0.297. The van der Waals surface area contributed by atoms with Crippen LogP contribution in [-0.2, 0) is 6.54 Å². The summed E-state index contributed by atoms with van der Waals surface area (Å²) in [6.07, 6.45) is 0.889. The van der Waals surface area contributed by atoms with Crippen molar-refractivity contribution < 1.29 is 9.47 Å². The molecule has 100 valence electrons. The highest BCUT2D eigenvalue weighted by Crippen LogP contribution is 2.38. The highest BCUT2D eigenvalue weighted by molar-refractivity contribution is 6.32. The van der Waals surface area contributed by atoms with Crippen molar-refractivity contribution in [2.45, 2.75) is 39.3 Å². The standard InChI is InChI=1S/C14H20ClNO2/c1-14(2,3)16-9-10-7-11(15)13-12(8-10)17-5-4-6-18-13/h7-8,16H,4-6,9H2,1-3H3. The van der Waals surface area contributed by atoms with Crippen molar-refractivity contribution in [3.05, 3.63) is 22.7 Å². The molecule has 0 bridgehead atoms. The molecule has 4 heteroatoms. The molecule has 0 spiro atoms. The van der Waals surface area contributed by atoms with Gasteiger partial charge in [-0.3, -0.25) is 0 Å². The Bertz CT molecular complexity index is 427. The quantitative estimate of drug-likeness (QED) is 0.893. The molecule has 2 rings (SSSR count). The molecule has 0 aliphatic carbocycles. The minimum Gasteiger partial charge on any atom is -0.489 e. The lowest BCUT2D eigenvalue weighted by Gasteiger charge is -2.21. The van der Waals surface area contributed by atoms with Crippen molar-refractivity contribution in [3.63, 3.8) is 0 Å². The fourth-order valence-electron chi connectivity index (χ4n) is 1.75. The van der Waals surface area contributed by atoms with Crippen LogP contribution in [0, 0.1) is 0 Å². The molecule has 1 aliphatic heterocycles. The second-order valence-corrected chi connectivity index (χ2v) is 5.97. The molecule has 0 amide bonds. The van der Waals surface area contributed by atoms with E-state index in [9.17, 15) is 0 Å². The molecule has 1 aliphatic rings. The van der Waals surface area contributed by atoms with Crippen LogP contribution in [0.4, 0.5) is 0 Å². The van der Waals surface area contributed by atoms with E-state index in [2.05, 4.69) is 26.1 Å². The molecule has 1 aromatic rings. The average molecular weight is 270 g/mol. The van der Waals surface area contributed by atoms with Crippen molar-refractivity contribution in [2.24, 2.45) is 0 Å². The number of fused-ring (bicyclic) bond motifs is 1. The van der Waals surface area contributed by atoms with Crippen LogP contribution in [0.1, 0.15) is 32.8 Å². The third-order valence-electron chi connectivity index (χ3n) is 2.68. The number of hydrogen-bond acceptors (Lipinski definition) is 3. The number of ether oxygens (including phenoxy) is 2. The van der Waals surface area contributed by atoms with Crippen molar-refractivity contribution >= 4 is 11.6 Å². The van der Waals surface area contributed by atoms with Gasteiger partial charge in [-0.05, 0) is 38.5 Å². The normalized spacial score (nSPS) is 15.3. The van der Waals surface area contributed by atoms with Crippen molar-refractivity contribution in [1.82, 2.24) is 5.32 Å². The van der Waals surface area contributed by atoms with Crippen LogP contribution < -0.4 is 14.8 Å². The predicted octanol–water partition coefficient (Wildman–Crippen LogP) is 3.39. The fourth-order valence-corrected chi connectivity index (χ4v) is 2.04. The summed E-state index contributed by atoms with van der Waals surface area (Å²) in [5.41, 5.74) is 1.19. The minimum atomic E-state index is 0.0800. The maximum atomic E-state index is 6.24. The van der Waals surface area contributed by atoms with Crippen LogP contribution in [0.5, 0.6) is 11.5 Å². The zero-order valence-corrected chi connectivity index (χ0v) is 11.9. The van der Waals surface area contributed by atoms with Gasteiger partial charge in [0.2, 0.25) is 0 Å². The number of rotatable bonds is 2. The first-order valence-corrected chi connectivity index (χ1v) is 6.66. The van der Waals surface area contributed by atoms with E-state index >= 15 is 0 Å². The molecule has 0 saturated carbocycles. The van der Waals surface area contributed by atoms with Gasteiger partial charge in [0.15, 0.2) is 11.5 Å². The first-order chi connectivity index (χ1) is 8.46. The number of halogens is 1. The monoisotopic (exact) mass is 269 g/mol. The van der Waals surface area contributed by atoms with E-state index in [1.165, 1.54) is 0 Å². The van der Waals surface area contributed by atoms with Crippen molar-refractivity contribution in [3.8, 4) is 11.5 Å². The summed E-state index contributed by atoms with van der Waals surface area (Å²) >= 11 is 6.24. The summed E-state index contributed by atoms with van der Waals surface area (Å²) in [7, 11) is 0. The summed E-state index contributed by atoms with van der Waals surface area (Å²) in [6, 6.07) is 3.94. The molecule has 0 aromatic heterocycles. The maximum absolute atomic E-state index is 6.24. The van der Waals surface area contributed by atoms with Gasteiger partial charge < -0.3 is 14.8 Å². The summed E-state index contributed by atoms with van der Waals surface area (Å²) in [5.74, 6) is 1.43. The average Bonchev–Trinajstić information content (AvgIpc) is 2.51. The Hall–Kier alpha value is -0.930. The largest absolute Gasteiger partial charge is 0.489 e. The summed E-state index contributed by atoms with van der Waals surface area (Å²) in [5, 5.41) is 4.06. The number of nitrogens with one attached hydrogen (secondary N) is 1. The Labute approximate surface area is 113 Å². The van der Waals surface area contributed by atoms with Crippen molar-refractivity contribution in [2.75, 3.05) is 13.2 Å². The highest BCUT2D eigenvalue weighted by Gasteiger charge is 2.16. The van der Waals surface area contributed by atoms with Crippen LogP contribution in [-0.4, -0.2) is 18.8 Å². The van der Waals surface area contributed by atoms with E-state index in [1.54, 1.807) is 0 Å². The molecule has 0 radical (unpaired) electrons. The zero-order valence-electron chi connectivity index (χ0n) is 11.2. The molecular formula is C14H20ClNO2. The van der Waals surface area contributed by atoms with E-state index in [-0.39, 0.29) is 5.54 Å². The Morgan fingerprint density at radius 3 is 2.67 bits per heavy atom. The number of hydrogen-bond donors (Lipinski definition) is 1. The first kappa shape index (κ1) is 13.5. The molecule has 0 saturated heterocycles. The maximum Gasteiger partial charge on any atom is 0.179 e. The third kappa shape index (κ3) is 3.53. The van der Waals surface area contributed by atoms with E-state index in [0.29, 0.717) is 24.0 Å². The van der Waals surface area contributed by atoms with Gasteiger partial charge in [0.1, 0.15) is 0 Å². The Kier molecular flexibility index (Phi) is 4.03. The van der Waals surface area contributed by atoms with E-state index in [1.807, 2.05) is 12.1 Å². The van der Waals surface area contributed by atoms with Gasteiger partial charge >= 0.3 is 0 Å². The highest BCUT2D eigenvalue weighted by atomic mass is 35.5. The van der Waals surface area contributed by atoms with Crippen LogP contribution in [0.25, 0.3) is 0 Å². The molecule has 0 unspecified atom stereocenters. The fraction of sp³-hybridized carbons (Fsp3) is 0.571. The van der Waals surface area contributed by atoms with Crippen LogP contribution in [0.15, 0.2) is 12.1 Å². The SMILES string of the molecule is CC(C)(C)NCc1cc(Cl)c2c(c1)OCCCO2. The molecule has 1 heterocycles. The Balaban J connectivity index is 2.18. The van der Waals surface area contributed by atoms with Gasteiger partial charge in [-0.2, -0.15) is 0 Å². The molecule has 18 heavy (non-hydrogen) atoms. The summed E-state index contributed by atoms with van der Waals surface area (Å²) in [4.78, 5) is 0. The lowest BCUT2D eigenvalue weighted by atomic mass is 10.1. The van der Waals surface area contributed by atoms with Gasteiger partial charge in [-0.1, -0.05) is 11.6 Å². The lowest BCUT2D eigenvalue weighted by Crippen LogP contribution is -2.35. The summed E-state index contributed by atoms with van der Waals surface area (Å²) in [6.45, 7) is 8.51. The van der Waals surface area contributed by atoms with Crippen LogP contribution in [0.3, 0.4) is 0 Å². The second kappa shape index (κ2) is 5.37. The van der Waals surface area contributed by atoms with E-state index in [4.69, 9.17) is 21.1 Å². The third-order valence-corrected chi connectivity index (χ3v) is 2.97. The zero-order chi connectivity index (χ0) is 13.2. The predicted molar refractivity (Wildman–Crippen MR) is 73.7 cm³/mol. The van der Waals surface area contributed by atoms with E-state index < -0.39 is 0 Å². The molecule has 0 atom stereocenters. The molecule has 0 fully saturated rings. The van der Waals surface area contributed by atoms with Gasteiger partial charge in [0.05, 0.1) is 18.2 Å². The van der Waals surface area contributed by atoms with Gasteiger partial charge in [0.25, 0.3) is 0 Å². The van der Waals surface area contributed by atoms with Gasteiger partial charge in [-0.15, -0.1) is 0 Å². The van der Waals surface area contributed by atoms with Gasteiger partial charge in [-0.25, -0.2) is 0 Å². The first-order valence-electron chi connectivity index (χ1n) is 6.29. The smallest absolute Gasteiger partial charge is 0.179 e. The van der Waals surface area contributed by atoms with Crippen LogP contribution in [0.2, 0.25) is 5.02 Å². The topological polar surface area (TPSA) is 30.5 Å². The van der Waals surface area contributed by atoms with Crippen molar-refractivity contribution in [1.29, 1.82) is 0 Å². The molecular weight excluding hydrogens is 250 g/mol.